The zero-order valence-electron chi connectivity index (χ0n) is 22.0. The summed E-state index contributed by atoms with van der Waals surface area (Å²) < 4.78 is 9.79. The Balaban J connectivity index is 1.75. The minimum Gasteiger partial charge on any atom is -0.463 e. The van der Waals surface area contributed by atoms with Gasteiger partial charge in [0, 0.05) is 29.2 Å². The van der Waals surface area contributed by atoms with Gasteiger partial charge in [-0.3, -0.25) is 9.36 Å². The van der Waals surface area contributed by atoms with E-state index in [2.05, 4.69) is 49.6 Å². The predicted molar refractivity (Wildman–Crippen MR) is 149 cm³/mol. The molecular weight excluding hydrogens is 482 g/mol. The third-order valence-electron chi connectivity index (χ3n) is 7.16. The zero-order valence-corrected chi connectivity index (χ0v) is 22.8. The molecule has 1 unspecified atom stereocenters. The predicted octanol–water partition coefficient (Wildman–Crippen LogP) is 4.72. The van der Waals surface area contributed by atoms with Crippen LogP contribution in [0.3, 0.4) is 0 Å². The number of nitrogens with zero attached hydrogens (tertiary/aromatic N) is 3. The van der Waals surface area contributed by atoms with Gasteiger partial charge in [-0.1, -0.05) is 67.6 Å². The molecule has 6 nitrogen and oxygen atoms in total. The van der Waals surface area contributed by atoms with E-state index in [9.17, 15) is 9.59 Å². The second-order valence-corrected chi connectivity index (χ2v) is 10.7. The molecule has 0 saturated carbocycles. The number of thiazole rings is 1. The zero-order chi connectivity index (χ0) is 26.4. The van der Waals surface area contributed by atoms with Crippen LogP contribution in [0.5, 0.6) is 0 Å². The number of hydrogen-bond donors (Lipinski definition) is 0. The summed E-state index contributed by atoms with van der Waals surface area (Å²) in [6, 6.07) is 15.7. The molecule has 0 fully saturated rings. The van der Waals surface area contributed by atoms with E-state index in [4.69, 9.17) is 9.73 Å². The second-order valence-electron chi connectivity index (χ2n) is 9.70. The molecule has 190 valence electrons. The lowest BCUT2D eigenvalue weighted by Crippen LogP contribution is -2.40. The van der Waals surface area contributed by atoms with Crippen LogP contribution in [0.2, 0.25) is 0 Å². The number of allylic oxidation sites excluding steroid dienone is 1. The maximum Gasteiger partial charge on any atom is 0.338 e. The smallest absolute Gasteiger partial charge is 0.338 e. The summed E-state index contributed by atoms with van der Waals surface area (Å²) in [5.74, 6) is -0.0670. The van der Waals surface area contributed by atoms with E-state index in [-0.39, 0.29) is 12.2 Å². The van der Waals surface area contributed by atoms with Gasteiger partial charge < -0.3 is 9.30 Å². The molecule has 37 heavy (non-hydrogen) atoms. The average molecular weight is 514 g/mol. The summed E-state index contributed by atoms with van der Waals surface area (Å²) in [7, 11) is 2.03. The highest BCUT2D eigenvalue weighted by atomic mass is 32.1. The van der Waals surface area contributed by atoms with Crippen molar-refractivity contribution in [3.8, 4) is 0 Å². The highest BCUT2D eigenvalue weighted by Gasteiger charge is 2.33. The maximum atomic E-state index is 14.0. The van der Waals surface area contributed by atoms with Crippen LogP contribution >= 0.6 is 11.3 Å². The fourth-order valence-corrected chi connectivity index (χ4v) is 6.06. The minimum absolute atomic E-state index is 0.164. The molecule has 0 saturated heterocycles. The fourth-order valence-electron chi connectivity index (χ4n) is 5.03. The molecule has 0 amide bonds. The highest BCUT2D eigenvalue weighted by molar-refractivity contribution is 7.07. The van der Waals surface area contributed by atoms with Gasteiger partial charge in [0.15, 0.2) is 4.80 Å². The number of para-hydroxylation sites is 1. The third kappa shape index (κ3) is 4.17. The van der Waals surface area contributed by atoms with Crippen molar-refractivity contribution in [2.75, 3.05) is 6.61 Å². The van der Waals surface area contributed by atoms with Crippen molar-refractivity contribution in [2.45, 2.75) is 46.6 Å². The number of aryl methyl sites for hydroxylation is 1. The van der Waals surface area contributed by atoms with Crippen LogP contribution in [0.15, 0.2) is 69.6 Å². The molecule has 0 radical (unpaired) electrons. The summed E-state index contributed by atoms with van der Waals surface area (Å²) in [5, 5.41) is 1.09. The van der Waals surface area contributed by atoms with Gasteiger partial charge >= 0.3 is 5.97 Å². The maximum absolute atomic E-state index is 14.0. The summed E-state index contributed by atoms with van der Waals surface area (Å²) in [6.45, 7) is 10.2. The standard InChI is InChI=1S/C30H31N3O3S/c1-7-36-29(35)26-18(4)31-30-33(27(26)21-14-12-20(13-15-21)17(2)3)28(34)25(37-30)16-23-19(5)32(6)24-11-9-8-10-22(23)24/h8-17,27H,7H2,1-6H3/b25-16-. The Labute approximate surface area is 219 Å². The van der Waals surface area contributed by atoms with Gasteiger partial charge in [-0.15, -0.1) is 0 Å². The Kier molecular flexibility index (Phi) is 6.50. The Morgan fingerprint density at radius 3 is 2.51 bits per heavy atom. The largest absolute Gasteiger partial charge is 0.463 e. The number of esters is 1. The van der Waals surface area contributed by atoms with Crippen LogP contribution < -0.4 is 14.9 Å². The molecule has 1 aliphatic heterocycles. The SMILES string of the molecule is CCOC(=O)C1=C(C)N=c2s/c(=C\c3c(C)n(C)c4ccccc34)c(=O)n2C1c1ccc(C(C)C)cc1. The van der Waals surface area contributed by atoms with E-state index in [1.165, 1.54) is 16.9 Å². The lowest BCUT2D eigenvalue weighted by molar-refractivity contribution is -0.139. The molecule has 0 bridgehead atoms. The molecule has 3 heterocycles. The van der Waals surface area contributed by atoms with Crippen LogP contribution in [-0.2, 0) is 16.6 Å². The van der Waals surface area contributed by atoms with Crippen molar-refractivity contribution in [3.63, 3.8) is 0 Å². The molecule has 4 aromatic rings. The Bertz CT molecular complexity index is 1730. The third-order valence-corrected chi connectivity index (χ3v) is 8.14. The first-order valence-electron chi connectivity index (χ1n) is 12.6. The number of fused-ring (bicyclic) bond motifs is 2. The van der Waals surface area contributed by atoms with Gasteiger partial charge in [0.25, 0.3) is 5.56 Å². The van der Waals surface area contributed by atoms with Crippen molar-refractivity contribution in [1.29, 1.82) is 0 Å². The molecule has 2 aromatic heterocycles. The number of rotatable bonds is 5. The van der Waals surface area contributed by atoms with E-state index >= 15 is 0 Å². The lowest BCUT2D eigenvalue weighted by atomic mass is 9.93. The highest BCUT2D eigenvalue weighted by Crippen LogP contribution is 2.32. The van der Waals surface area contributed by atoms with E-state index in [1.807, 2.05) is 44.3 Å². The van der Waals surface area contributed by atoms with E-state index in [0.717, 1.165) is 27.7 Å². The normalized spacial score (nSPS) is 15.9. The molecule has 2 aromatic carbocycles. The lowest BCUT2D eigenvalue weighted by Gasteiger charge is -2.25. The number of aromatic nitrogens is 2. The number of hydrogen-bond acceptors (Lipinski definition) is 5. The first kappa shape index (κ1) is 25.0. The van der Waals surface area contributed by atoms with Gasteiger partial charge in [0.2, 0.25) is 0 Å². The van der Waals surface area contributed by atoms with Gasteiger partial charge in [-0.2, -0.15) is 0 Å². The molecule has 1 aliphatic rings. The van der Waals surface area contributed by atoms with Crippen LogP contribution in [0, 0.1) is 6.92 Å². The first-order chi connectivity index (χ1) is 17.7. The fraction of sp³-hybridized carbons (Fsp3) is 0.300. The molecule has 7 heteroatoms. The Morgan fingerprint density at radius 1 is 1.14 bits per heavy atom. The molecule has 5 rings (SSSR count). The molecule has 0 spiro atoms. The topological polar surface area (TPSA) is 65.6 Å². The van der Waals surface area contributed by atoms with E-state index in [0.29, 0.717) is 26.5 Å². The van der Waals surface area contributed by atoms with E-state index < -0.39 is 12.0 Å². The second kappa shape index (κ2) is 9.63. The van der Waals surface area contributed by atoms with Crippen molar-refractivity contribution in [1.82, 2.24) is 9.13 Å². The summed E-state index contributed by atoms with van der Waals surface area (Å²) in [4.78, 5) is 32.4. The van der Waals surface area contributed by atoms with Crippen LogP contribution in [0.4, 0.5) is 0 Å². The van der Waals surface area contributed by atoms with Crippen molar-refractivity contribution in [3.05, 3.63) is 102 Å². The van der Waals surface area contributed by atoms with Crippen molar-refractivity contribution < 1.29 is 9.53 Å². The number of carbonyl (C=O) groups excluding carboxylic acids is 1. The van der Waals surface area contributed by atoms with Crippen molar-refractivity contribution >= 4 is 34.3 Å². The number of ether oxygens (including phenoxy) is 1. The first-order valence-corrected chi connectivity index (χ1v) is 13.4. The van der Waals surface area contributed by atoms with E-state index in [1.54, 1.807) is 11.5 Å². The van der Waals surface area contributed by atoms with Crippen LogP contribution in [0.25, 0.3) is 17.0 Å². The molecular formula is C30H31N3O3S. The van der Waals surface area contributed by atoms with Gasteiger partial charge in [-0.25, -0.2) is 9.79 Å². The van der Waals surface area contributed by atoms with Gasteiger partial charge in [0.1, 0.15) is 0 Å². The molecule has 1 atom stereocenters. The summed E-state index contributed by atoms with van der Waals surface area (Å²) in [6.07, 6.45) is 1.96. The Hall–Kier alpha value is -3.71. The van der Waals surface area contributed by atoms with Crippen molar-refractivity contribution in [2.24, 2.45) is 12.0 Å². The van der Waals surface area contributed by atoms with Crippen LogP contribution in [-0.4, -0.2) is 21.7 Å². The van der Waals surface area contributed by atoms with Gasteiger partial charge in [0.05, 0.1) is 28.5 Å². The summed E-state index contributed by atoms with van der Waals surface area (Å²) >= 11 is 1.35. The van der Waals surface area contributed by atoms with Gasteiger partial charge in [-0.05, 0) is 50.0 Å². The quantitative estimate of drug-likeness (QED) is 0.363. The molecule has 0 aliphatic carbocycles. The monoisotopic (exact) mass is 513 g/mol. The number of carbonyl (C=O) groups is 1. The van der Waals surface area contributed by atoms with Crippen LogP contribution in [0.1, 0.15) is 62.0 Å². The Morgan fingerprint density at radius 2 is 1.84 bits per heavy atom. The minimum atomic E-state index is -0.604. The molecule has 0 N–H and O–H groups in total. The average Bonchev–Trinajstić information content (AvgIpc) is 3.32. The number of benzene rings is 2. The summed E-state index contributed by atoms with van der Waals surface area (Å²) in [5.41, 5.74) is 6.08.